The Morgan fingerprint density at radius 2 is 2.11 bits per heavy atom. The van der Waals surface area contributed by atoms with Crippen LogP contribution in [0.5, 0.6) is 0 Å². The second kappa shape index (κ2) is 5.70. The monoisotopic (exact) mass is 300 g/mol. The van der Waals surface area contributed by atoms with Crippen molar-refractivity contribution in [1.29, 1.82) is 0 Å². The lowest BCUT2D eigenvalue weighted by molar-refractivity contribution is 0.225. The van der Waals surface area contributed by atoms with E-state index in [1.165, 1.54) is 32.2 Å². The Bertz CT molecular complexity index is 524. The Labute approximate surface area is 125 Å². The van der Waals surface area contributed by atoms with Crippen molar-refractivity contribution in [2.24, 2.45) is 0 Å². The summed E-state index contributed by atoms with van der Waals surface area (Å²) in [5.41, 5.74) is 1.91. The molecule has 2 aromatic rings. The number of nitrogens with zero attached hydrogens (tertiary/aromatic N) is 2. The van der Waals surface area contributed by atoms with Crippen LogP contribution in [0.25, 0.3) is 11.1 Å². The standard InChI is InChI=1S/C14H16N2O.2ClH/c1-4-13-11(15-7-1)9-14(17-13)12-6-5-10-3-2-8-16(10)12;;/h1,4,7,9-10,12H,2-3,5-6,8H2;2*1H/t10-,12-;;/m0../s1. The zero-order chi connectivity index (χ0) is 11.2. The molecule has 2 saturated heterocycles. The lowest BCUT2D eigenvalue weighted by atomic mass is 10.1. The van der Waals surface area contributed by atoms with Gasteiger partial charge < -0.3 is 4.42 Å². The Morgan fingerprint density at radius 3 is 2.95 bits per heavy atom. The number of fused-ring (bicyclic) bond motifs is 2. The Balaban J connectivity index is 0.000000667. The zero-order valence-corrected chi connectivity index (χ0v) is 12.3. The van der Waals surface area contributed by atoms with Crippen molar-refractivity contribution in [3.63, 3.8) is 0 Å². The SMILES string of the molecule is Cl.Cl.c1cnc2cc([C@@H]3CC[C@@H]4CCCN43)oc2c1. The molecule has 19 heavy (non-hydrogen) atoms. The molecule has 2 fully saturated rings. The summed E-state index contributed by atoms with van der Waals surface area (Å²) in [7, 11) is 0. The van der Waals surface area contributed by atoms with E-state index in [-0.39, 0.29) is 24.8 Å². The minimum atomic E-state index is 0. The van der Waals surface area contributed by atoms with E-state index in [9.17, 15) is 0 Å². The first-order valence-electron chi connectivity index (χ1n) is 6.52. The van der Waals surface area contributed by atoms with Gasteiger partial charge in [-0.1, -0.05) is 0 Å². The fraction of sp³-hybridized carbons (Fsp3) is 0.500. The van der Waals surface area contributed by atoms with E-state index in [2.05, 4.69) is 16.0 Å². The van der Waals surface area contributed by atoms with E-state index in [0.717, 1.165) is 22.9 Å². The van der Waals surface area contributed by atoms with E-state index in [1.807, 2.05) is 18.3 Å². The Hall–Kier alpha value is -0.770. The molecule has 2 aliphatic rings. The van der Waals surface area contributed by atoms with Crippen LogP contribution in [0.15, 0.2) is 28.8 Å². The van der Waals surface area contributed by atoms with Gasteiger partial charge in [-0.05, 0) is 44.4 Å². The van der Waals surface area contributed by atoms with Crippen LogP contribution in [0.3, 0.4) is 0 Å². The fourth-order valence-electron chi connectivity index (χ4n) is 3.45. The highest BCUT2D eigenvalue weighted by molar-refractivity contribution is 5.85. The van der Waals surface area contributed by atoms with Crippen LogP contribution in [0.1, 0.15) is 37.5 Å². The second-order valence-electron chi connectivity index (χ2n) is 5.16. The van der Waals surface area contributed by atoms with Crippen molar-refractivity contribution in [1.82, 2.24) is 9.88 Å². The molecule has 0 aliphatic carbocycles. The third-order valence-electron chi connectivity index (χ3n) is 4.23. The second-order valence-corrected chi connectivity index (χ2v) is 5.16. The summed E-state index contributed by atoms with van der Waals surface area (Å²) >= 11 is 0. The number of furan rings is 1. The molecule has 2 atom stereocenters. The first-order chi connectivity index (χ1) is 8.42. The molecule has 0 N–H and O–H groups in total. The van der Waals surface area contributed by atoms with Crippen LogP contribution in [-0.2, 0) is 0 Å². The summed E-state index contributed by atoms with van der Waals surface area (Å²) in [5, 5.41) is 0. The van der Waals surface area contributed by atoms with Crippen molar-refractivity contribution in [3.05, 3.63) is 30.2 Å². The van der Waals surface area contributed by atoms with E-state index < -0.39 is 0 Å². The van der Waals surface area contributed by atoms with Crippen LogP contribution in [0.4, 0.5) is 0 Å². The van der Waals surface area contributed by atoms with Gasteiger partial charge in [-0.25, -0.2) is 0 Å². The fourth-order valence-corrected chi connectivity index (χ4v) is 3.45. The van der Waals surface area contributed by atoms with E-state index >= 15 is 0 Å². The highest BCUT2D eigenvalue weighted by Gasteiger charge is 2.38. The van der Waals surface area contributed by atoms with Crippen molar-refractivity contribution in [2.45, 2.75) is 37.8 Å². The lowest BCUT2D eigenvalue weighted by Gasteiger charge is -2.21. The van der Waals surface area contributed by atoms with Crippen molar-refractivity contribution < 1.29 is 4.42 Å². The van der Waals surface area contributed by atoms with Crippen LogP contribution >= 0.6 is 24.8 Å². The molecule has 3 nitrogen and oxygen atoms in total. The number of hydrogen-bond donors (Lipinski definition) is 0. The van der Waals surface area contributed by atoms with Crippen LogP contribution in [-0.4, -0.2) is 22.5 Å². The molecule has 0 amide bonds. The maximum Gasteiger partial charge on any atom is 0.152 e. The minimum Gasteiger partial charge on any atom is -0.458 e. The average molecular weight is 301 g/mol. The van der Waals surface area contributed by atoms with Gasteiger partial charge >= 0.3 is 0 Å². The predicted molar refractivity (Wildman–Crippen MR) is 80.2 cm³/mol. The Morgan fingerprint density at radius 1 is 1.21 bits per heavy atom. The topological polar surface area (TPSA) is 29.3 Å². The summed E-state index contributed by atoms with van der Waals surface area (Å²) in [4.78, 5) is 6.97. The van der Waals surface area contributed by atoms with Gasteiger partial charge in [0.05, 0.1) is 6.04 Å². The molecule has 0 radical (unpaired) electrons. The number of aromatic nitrogens is 1. The molecule has 5 heteroatoms. The van der Waals surface area contributed by atoms with E-state index in [0.29, 0.717) is 6.04 Å². The third kappa shape index (κ3) is 2.35. The largest absolute Gasteiger partial charge is 0.458 e. The van der Waals surface area contributed by atoms with Crippen LogP contribution < -0.4 is 0 Å². The van der Waals surface area contributed by atoms with Gasteiger partial charge in [0.1, 0.15) is 11.3 Å². The summed E-state index contributed by atoms with van der Waals surface area (Å²) in [6.45, 7) is 1.24. The molecule has 0 unspecified atom stereocenters. The molecule has 0 spiro atoms. The zero-order valence-electron chi connectivity index (χ0n) is 10.6. The molecule has 0 aromatic carbocycles. The highest BCUT2D eigenvalue weighted by Crippen LogP contribution is 2.42. The number of halogens is 2. The normalized spacial score (nSPS) is 25.9. The van der Waals surface area contributed by atoms with Gasteiger partial charge in [0.15, 0.2) is 5.58 Å². The van der Waals surface area contributed by atoms with Crippen LogP contribution in [0.2, 0.25) is 0 Å². The summed E-state index contributed by atoms with van der Waals surface area (Å²) in [5.74, 6) is 1.11. The molecule has 2 aliphatic heterocycles. The summed E-state index contributed by atoms with van der Waals surface area (Å²) in [6, 6.07) is 7.36. The molecular weight excluding hydrogens is 283 g/mol. The lowest BCUT2D eigenvalue weighted by Crippen LogP contribution is -2.25. The van der Waals surface area contributed by atoms with Gasteiger partial charge in [-0.2, -0.15) is 0 Å². The molecule has 4 heterocycles. The quantitative estimate of drug-likeness (QED) is 0.798. The number of pyridine rings is 1. The number of hydrogen-bond acceptors (Lipinski definition) is 3. The minimum absolute atomic E-state index is 0. The highest BCUT2D eigenvalue weighted by atomic mass is 35.5. The van der Waals surface area contributed by atoms with Gasteiger partial charge in [0.2, 0.25) is 0 Å². The Kier molecular flexibility index (Phi) is 4.39. The predicted octanol–water partition coefficient (Wildman–Crippen LogP) is 3.97. The summed E-state index contributed by atoms with van der Waals surface area (Å²) in [6.07, 6.45) is 7.11. The smallest absolute Gasteiger partial charge is 0.152 e. The number of rotatable bonds is 1. The molecule has 4 rings (SSSR count). The first kappa shape index (κ1) is 14.6. The van der Waals surface area contributed by atoms with E-state index in [1.54, 1.807) is 0 Å². The van der Waals surface area contributed by atoms with Gasteiger partial charge in [-0.15, -0.1) is 24.8 Å². The van der Waals surface area contributed by atoms with Gasteiger partial charge in [-0.3, -0.25) is 9.88 Å². The van der Waals surface area contributed by atoms with Gasteiger partial charge in [0, 0.05) is 18.3 Å². The maximum absolute atomic E-state index is 5.96. The molecule has 0 bridgehead atoms. The van der Waals surface area contributed by atoms with Gasteiger partial charge in [0.25, 0.3) is 0 Å². The molecule has 0 saturated carbocycles. The molecule has 104 valence electrons. The maximum atomic E-state index is 5.96. The summed E-state index contributed by atoms with van der Waals surface area (Å²) < 4.78 is 5.96. The van der Waals surface area contributed by atoms with Crippen LogP contribution in [0, 0.1) is 0 Å². The first-order valence-corrected chi connectivity index (χ1v) is 6.52. The van der Waals surface area contributed by atoms with Crippen molar-refractivity contribution in [3.8, 4) is 0 Å². The third-order valence-corrected chi connectivity index (χ3v) is 4.23. The van der Waals surface area contributed by atoms with E-state index in [4.69, 9.17) is 4.42 Å². The average Bonchev–Trinajstić information content (AvgIpc) is 3.02. The molecular formula is C14H18Cl2N2O. The van der Waals surface area contributed by atoms with Crippen molar-refractivity contribution >= 4 is 35.9 Å². The van der Waals surface area contributed by atoms with Crippen molar-refractivity contribution in [2.75, 3.05) is 6.54 Å². The molecule has 2 aromatic heterocycles.